The standard InChI is InChI=1S/C15H25NO/c1-4-5-6-10-16-12-14(3)17-15-9-7-8-13(2)11-15/h7-9,11,14,16H,4-6,10,12H2,1-3H3. The van der Waals surface area contributed by atoms with Crippen LogP contribution in [0.3, 0.4) is 0 Å². The molecule has 1 atom stereocenters. The van der Waals surface area contributed by atoms with Crippen LogP contribution >= 0.6 is 0 Å². The second-order valence-corrected chi connectivity index (χ2v) is 4.66. The maximum absolute atomic E-state index is 5.84. The third-order valence-electron chi connectivity index (χ3n) is 2.72. The molecule has 1 aromatic rings. The Bertz CT molecular complexity index is 312. The van der Waals surface area contributed by atoms with Crippen LogP contribution in [0.4, 0.5) is 0 Å². The van der Waals surface area contributed by atoms with Gasteiger partial charge in [-0.15, -0.1) is 0 Å². The summed E-state index contributed by atoms with van der Waals surface area (Å²) in [7, 11) is 0. The van der Waals surface area contributed by atoms with Crippen molar-refractivity contribution in [3.05, 3.63) is 29.8 Å². The largest absolute Gasteiger partial charge is 0.489 e. The van der Waals surface area contributed by atoms with E-state index in [1.807, 2.05) is 12.1 Å². The lowest BCUT2D eigenvalue weighted by Gasteiger charge is -2.15. The van der Waals surface area contributed by atoms with E-state index < -0.39 is 0 Å². The Balaban J connectivity index is 2.18. The monoisotopic (exact) mass is 235 g/mol. The van der Waals surface area contributed by atoms with E-state index in [2.05, 4.69) is 38.2 Å². The van der Waals surface area contributed by atoms with Crippen molar-refractivity contribution < 1.29 is 4.74 Å². The maximum atomic E-state index is 5.84. The van der Waals surface area contributed by atoms with Crippen LogP contribution in [-0.4, -0.2) is 19.2 Å². The summed E-state index contributed by atoms with van der Waals surface area (Å²) in [6, 6.07) is 8.21. The van der Waals surface area contributed by atoms with Gasteiger partial charge >= 0.3 is 0 Å². The second kappa shape index (κ2) is 8.13. The molecule has 96 valence electrons. The van der Waals surface area contributed by atoms with E-state index in [1.165, 1.54) is 24.8 Å². The Hall–Kier alpha value is -1.02. The molecule has 0 fully saturated rings. The number of nitrogens with one attached hydrogen (secondary N) is 1. The number of unbranched alkanes of at least 4 members (excludes halogenated alkanes) is 2. The van der Waals surface area contributed by atoms with Gasteiger partial charge in [0.1, 0.15) is 11.9 Å². The van der Waals surface area contributed by atoms with Gasteiger partial charge in [0.25, 0.3) is 0 Å². The van der Waals surface area contributed by atoms with E-state index in [0.29, 0.717) is 0 Å². The highest BCUT2D eigenvalue weighted by Crippen LogP contribution is 2.13. The molecule has 2 heteroatoms. The Morgan fingerprint density at radius 2 is 2.12 bits per heavy atom. The molecule has 0 aromatic heterocycles. The summed E-state index contributed by atoms with van der Waals surface area (Å²) in [4.78, 5) is 0. The topological polar surface area (TPSA) is 21.3 Å². The first-order chi connectivity index (χ1) is 8.22. The molecule has 1 unspecified atom stereocenters. The third kappa shape index (κ3) is 6.32. The number of benzene rings is 1. The lowest BCUT2D eigenvalue weighted by atomic mass is 10.2. The number of aryl methyl sites for hydroxylation is 1. The van der Waals surface area contributed by atoms with Crippen molar-refractivity contribution in [2.45, 2.75) is 46.1 Å². The molecular weight excluding hydrogens is 210 g/mol. The van der Waals surface area contributed by atoms with Crippen molar-refractivity contribution in [3.63, 3.8) is 0 Å². The quantitative estimate of drug-likeness (QED) is 0.696. The second-order valence-electron chi connectivity index (χ2n) is 4.66. The lowest BCUT2D eigenvalue weighted by molar-refractivity contribution is 0.217. The van der Waals surface area contributed by atoms with Crippen LogP contribution in [0.2, 0.25) is 0 Å². The fourth-order valence-corrected chi connectivity index (χ4v) is 1.77. The Kier molecular flexibility index (Phi) is 6.71. The molecule has 1 N–H and O–H groups in total. The van der Waals surface area contributed by atoms with Crippen molar-refractivity contribution in [1.29, 1.82) is 0 Å². The number of ether oxygens (including phenoxy) is 1. The zero-order valence-corrected chi connectivity index (χ0v) is 11.3. The zero-order valence-electron chi connectivity index (χ0n) is 11.3. The molecular formula is C15H25NO. The zero-order chi connectivity index (χ0) is 12.5. The summed E-state index contributed by atoms with van der Waals surface area (Å²) < 4.78 is 5.84. The van der Waals surface area contributed by atoms with Gasteiger partial charge in [0, 0.05) is 6.54 Å². The minimum absolute atomic E-state index is 0.221. The van der Waals surface area contributed by atoms with Gasteiger partial charge in [0.2, 0.25) is 0 Å². The van der Waals surface area contributed by atoms with Crippen molar-refractivity contribution in [2.75, 3.05) is 13.1 Å². The van der Waals surface area contributed by atoms with Crippen LogP contribution in [0.15, 0.2) is 24.3 Å². The van der Waals surface area contributed by atoms with E-state index in [9.17, 15) is 0 Å². The van der Waals surface area contributed by atoms with Gasteiger partial charge in [-0.1, -0.05) is 31.9 Å². The molecule has 2 nitrogen and oxygen atoms in total. The predicted molar refractivity (Wildman–Crippen MR) is 73.7 cm³/mol. The molecule has 0 saturated heterocycles. The van der Waals surface area contributed by atoms with Gasteiger partial charge in [-0.05, 0) is 44.5 Å². The maximum Gasteiger partial charge on any atom is 0.120 e. The van der Waals surface area contributed by atoms with Crippen molar-refractivity contribution in [1.82, 2.24) is 5.32 Å². The molecule has 0 bridgehead atoms. The van der Waals surface area contributed by atoms with Crippen LogP contribution in [0, 0.1) is 6.92 Å². The molecule has 0 aliphatic heterocycles. The average molecular weight is 235 g/mol. The Morgan fingerprint density at radius 3 is 2.82 bits per heavy atom. The molecule has 0 amide bonds. The van der Waals surface area contributed by atoms with Gasteiger partial charge in [0.15, 0.2) is 0 Å². The fourth-order valence-electron chi connectivity index (χ4n) is 1.77. The molecule has 0 spiro atoms. The van der Waals surface area contributed by atoms with E-state index in [1.54, 1.807) is 0 Å². The third-order valence-corrected chi connectivity index (χ3v) is 2.72. The van der Waals surface area contributed by atoms with Crippen LogP contribution in [0.1, 0.15) is 38.7 Å². The van der Waals surface area contributed by atoms with Gasteiger partial charge < -0.3 is 10.1 Å². The first kappa shape index (κ1) is 14.0. The SMILES string of the molecule is CCCCCNCC(C)Oc1cccc(C)c1. The Morgan fingerprint density at radius 1 is 1.29 bits per heavy atom. The van der Waals surface area contributed by atoms with Crippen LogP contribution in [-0.2, 0) is 0 Å². The number of hydrogen-bond donors (Lipinski definition) is 1. The first-order valence-corrected chi connectivity index (χ1v) is 6.66. The average Bonchev–Trinajstić information content (AvgIpc) is 2.29. The summed E-state index contributed by atoms with van der Waals surface area (Å²) in [5.74, 6) is 0.966. The predicted octanol–water partition coefficient (Wildman–Crippen LogP) is 3.54. The van der Waals surface area contributed by atoms with Crippen molar-refractivity contribution >= 4 is 0 Å². The van der Waals surface area contributed by atoms with Crippen LogP contribution in [0.25, 0.3) is 0 Å². The van der Waals surface area contributed by atoms with E-state index in [-0.39, 0.29) is 6.10 Å². The van der Waals surface area contributed by atoms with Gasteiger partial charge in [-0.2, -0.15) is 0 Å². The van der Waals surface area contributed by atoms with Crippen molar-refractivity contribution in [2.24, 2.45) is 0 Å². The highest BCUT2D eigenvalue weighted by molar-refractivity contribution is 5.27. The number of rotatable bonds is 8. The molecule has 1 rings (SSSR count). The van der Waals surface area contributed by atoms with Crippen LogP contribution < -0.4 is 10.1 Å². The highest BCUT2D eigenvalue weighted by atomic mass is 16.5. The molecule has 0 aliphatic carbocycles. The summed E-state index contributed by atoms with van der Waals surface area (Å²) in [5.41, 5.74) is 1.24. The lowest BCUT2D eigenvalue weighted by Crippen LogP contribution is -2.29. The summed E-state index contributed by atoms with van der Waals surface area (Å²) in [6.45, 7) is 8.42. The van der Waals surface area contributed by atoms with Crippen LogP contribution in [0.5, 0.6) is 5.75 Å². The van der Waals surface area contributed by atoms with E-state index in [0.717, 1.165) is 18.8 Å². The van der Waals surface area contributed by atoms with E-state index >= 15 is 0 Å². The summed E-state index contributed by atoms with van der Waals surface area (Å²) in [6.07, 6.45) is 4.06. The Labute approximate surface area is 105 Å². The normalized spacial score (nSPS) is 12.4. The van der Waals surface area contributed by atoms with E-state index in [4.69, 9.17) is 4.74 Å². The summed E-state index contributed by atoms with van der Waals surface area (Å²) >= 11 is 0. The van der Waals surface area contributed by atoms with Gasteiger partial charge in [-0.25, -0.2) is 0 Å². The molecule has 1 aromatic carbocycles. The molecule has 0 aliphatic rings. The molecule has 0 radical (unpaired) electrons. The first-order valence-electron chi connectivity index (χ1n) is 6.66. The van der Waals surface area contributed by atoms with Gasteiger partial charge in [-0.3, -0.25) is 0 Å². The number of hydrogen-bond acceptors (Lipinski definition) is 2. The smallest absolute Gasteiger partial charge is 0.120 e. The van der Waals surface area contributed by atoms with Gasteiger partial charge in [0.05, 0.1) is 0 Å². The molecule has 0 heterocycles. The minimum atomic E-state index is 0.221. The summed E-state index contributed by atoms with van der Waals surface area (Å²) in [5, 5.41) is 3.43. The fraction of sp³-hybridized carbons (Fsp3) is 0.600. The molecule has 0 saturated carbocycles. The molecule has 17 heavy (non-hydrogen) atoms. The minimum Gasteiger partial charge on any atom is -0.489 e. The highest BCUT2D eigenvalue weighted by Gasteiger charge is 2.03. The van der Waals surface area contributed by atoms with Crippen molar-refractivity contribution in [3.8, 4) is 5.75 Å².